The van der Waals surface area contributed by atoms with Gasteiger partial charge in [-0.1, -0.05) is 35.9 Å². The quantitative estimate of drug-likeness (QED) is 0.528. The standard InChI is InChI=1S/C22H25NO5S/c1-15-5-7-19(8-6-15)9-10-29(26,27)23-13-22(25)28-14-21(24)20-12-17(3)16(2)11-18(20)4/h5-12,23H,13-14H2,1-4H3. The lowest BCUT2D eigenvalue weighted by molar-refractivity contribution is -0.141. The molecule has 0 bridgehead atoms. The van der Waals surface area contributed by atoms with Crippen molar-refractivity contribution in [3.8, 4) is 0 Å². The van der Waals surface area contributed by atoms with E-state index in [-0.39, 0.29) is 5.78 Å². The zero-order chi connectivity index (χ0) is 21.6. The Hall–Kier alpha value is -2.77. The Bertz CT molecular complexity index is 1040. The average molecular weight is 416 g/mol. The van der Waals surface area contributed by atoms with Gasteiger partial charge in [0.15, 0.2) is 6.61 Å². The maximum atomic E-state index is 12.3. The summed E-state index contributed by atoms with van der Waals surface area (Å²) < 4.78 is 31.0. The van der Waals surface area contributed by atoms with Gasteiger partial charge < -0.3 is 4.74 Å². The molecular formula is C22H25NO5S. The molecule has 0 aromatic heterocycles. The molecule has 154 valence electrons. The third-order valence-corrected chi connectivity index (χ3v) is 5.48. The van der Waals surface area contributed by atoms with Gasteiger partial charge in [-0.3, -0.25) is 9.59 Å². The van der Waals surface area contributed by atoms with E-state index in [2.05, 4.69) is 4.72 Å². The minimum atomic E-state index is -3.81. The molecule has 0 fully saturated rings. The van der Waals surface area contributed by atoms with Crippen molar-refractivity contribution in [3.63, 3.8) is 0 Å². The summed E-state index contributed by atoms with van der Waals surface area (Å²) in [5, 5.41) is 0.981. The number of ketones is 1. The highest BCUT2D eigenvalue weighted by atomic mass is 32.2. The molecule has 0 aliphatic rings. The predicted octanol–water partition coefficient (Wildman–Crippen LogP) is 3.24. The molecule has 0 atom stereocenters. The van der Waals surface area contributed by atoms with Crippen molar-refractivity contribution in [2.45, 2.75) is 27.7 Å². The van der Waals surface area contributed by atoms with Crippen LogP contribution in [-0.4, -0.2) is 33.3 Å². The van der Waals surface area contributed by atoms with Gasteiger partial charge >= 0.3 is 5.97 Å². The first kappa shape index (κ1) is 22.5. The van der Waals surface area contributed by atoms with E-state index in [1.165, 1.54) is 6.08 Å². The van der Waals surface area contributed by atoms with E-state index in [1.807, 2.05) is 45.9 Å². The Balaban J connectivity index is 1.86. The molecule has 6 nitrogen and oxygen atoms in total. The SMILES string of the molecule is Cc1ccc(C=CS(=O)(=O)NCC(=O)OCC(=O)c2cc(C)c(C)cc2C)cc1. The van der Waals surface area contributed by atoms with Gasteiger partial charge in [0.2, 0.25) is 15.8 Å². The first-order valence-corrected chi connectivity index (χ1v) is 10.6. The van der Waals surface area contributed by atoms with Crippen LogP contribution in [0.4, 0.5) is 0 Å². The van der Waals surface area contributed by atoms with Crippen LogP contribution in [0.2, 0.25) is 0 Å². The molecule has 2 aromatic carbocycles. The Labute approximate surface area is 171 Å². The van der Waals surface area contributed by atoms with Crippen LogP contribution in [0.25, 0.3) is 6.08 Å². The van der Waals surface area contributed by atoms with Crippen LogP contribution >= 0.6 is 0 Å². The monoisotopic (exact) mass is 415 g/mol. The Kier molecular flexibility index (Phi) is 7.47. The lowest BCUT2D eigenvalue weighted by Gasteiger charge is -2.09. The summed E-state index contributed by atoms with van der Waals surface area (Å²) in [6.07, 6.45) is 1.43. The average Bonchev–Trinajstić information content (AvgIpc) is 2.67. The molecule has 2 rings (SSSR count). The molecule has 0 saturated carbocycles. The maximum absolute atomic E-state index is 12.3. The van der Waals surface area contributed by atoms with Crippen LogP contribution in [0.3, 0.4) is 0 Å². The largest absolute Gasteiger partial charge is 0.456 e. The number of benzene rings is 2. The summed E-state index contributed by atoms with van der Waals surface area (Å²) >= 11 is 0. The number of esters is 1. The second kappa shape index (κ2) is 9.62. The van der Waals surface area contributed by atoms with Crippen molar-refractivity contribution in [1.82, 2.24) is 4.72 Å². The third-order valence-electron chi connectivity index (χ3n) is 4.44. The van der Waals surface area contributed by atoms with Crippen molar-refractivity contribution in [2.75, 3.05) is 13.2 Å². The zero-order valence-electron chi connectivity index (χ0n) is 17.0. The molecule has 0 amide bonds. The first-order chi connectivity index (χ1) is 13.6. The number of aryl methyl sites for hydroxylation is 4. The van der Waals surface area contributed by atoms with Crippen molar-refractivity contribution in [2.24, 2.45) is 0 Å². The highest BCUT2D eigenvalue weighted by molar-refractivity contribution is 7.92. The summed E-state index contributed by atoms with van der Waals surface area (Å²) in [7, 11) is -3.81. The van der Waals surface area contributed by atoms with Gasteiger partial charge in [-0.25, -0.2) is 13.1 Å². The van der Waals surface area contributed by atoms with Gasteiger partial charge in [0.05, 0.1) is 0 Å². The van der Waals surface area contributed by atoms with E-state index >= 15 is 0 Å². The van der Waals surface area contributed by atoms with E-state index in [1.54, 1.807) is 18.2 Å². The van der Waals surface area contributed by atoms with Gasteiger partial charge in [0.25, 0.3) is 0 Å². The fourth-order valence-corrected chi connectivity index (χ4v) is 3.34. The molecule has 0 aliphatic heterocycles. The van der Waals surface area contributed by atoms with Crippen molar-refractivity contribution < 1.29 is 22.7 Å². The highest BCUT2D eigenvalue weighted by Crippen LogP contribution is 2.16. The van der Waals surface area contributed by atoms with Crippen LogP contribution in [0.1, 0.15) is 38.2 Å². The predicted molar refractivity (Wildman–Crippen MR) is 113 cm³/mol. The molecule has 7 heteroatoms. The molecular weight excluding hydrogens is 390 g/mol. The third kappa shape index (κ3) is 6.96. The molecule has 0 saturated heterocycles. The highest BCUT2D eigenvalue weighted by Gasteiger charge is 2.15. The number of hydrogen-bond acceptors (Lipinski definition) is 5. The van der Waals surface area contributed by atoms with Crippen molar-refractivity contribution >= 4 is 27.9 Å². The lowest BCUT2D eigenvalue weighted by Crippen LogP contribution is -2.30. The smallest absolute Gasteiger partial charge is 0.321 e. The molecule has 0 spiro atoms. The van der Waals surface area contributed by atoms with E-state index < -0.39 is 29.1 Å². The van der Waals surface area contributed by atoms with Crippen LogP contribution < -0.4 is 4.72 Å². The van der Waals surface area contributed by atoms with Gasteiger partial charge in [-0.05, 0) is 62.1 Å². The van der Waals surface area contributed by atoms with Crippen molar-refractivity contribution in [3.05, 3.63) is 75.2 Å². The summed E-state index contributed by atoms with van der Waals surface area (Å²) in [6.45, 7) is 6.61. The second-order valence-electron chi connectivity index (χ2n) is 6.91. The molecule has 1 N–H and O–H groups in total. The molecule has 0 aliphatic carbocycles. The van der Waals surface area contributed by atoms with Crippen LogP contribution in [0.5, 0.6) is 0 Å². The minimum Gasteiger partial charge on any atom is -0.456 e. The summed E-state index contributed by atoms with van der Waals surface area (Å²) in [4.78, 5) is 24.1. The lowest BCUT2D eigenvalue weighted by atomic mass is 9.98. The fourth-order valence-electron chi connectivity index (χ4n) is 2.59. The van der Waals surface area contributed by atoms with E-state index in [0.29, 0.717) is 5.56 Å². The minimum absolute atomic E-state index is 0.332. The molecule has 0 radical (unpaired) electrons. The molecule has 0 heterocycles. The van der Waals surface area contributed by atoms with Gasteiger partial charge in [0, 0.05) is 11.0 Å². The van der Waals surface area contributed by atoms with E-state index in [9.17, 15) is 18.0 Å². The number of carbonyl (C=O) groups excluding carboxylic acids is 2. The molecule has 0 unspecified atom stereocenters. The zero-order valence-corrected chi connectivity index (χ0v) is 17.8. The number of hydrogen-bond donors (Lipinski definition) is 1. The summed E-state index contributed by atoms with van der Waals surface area (Å²) in [5.41, 5.74) is 5.12. The Morgan fingerprint density at radius 1 is 0.966 bits per heavy atom. The Morgan fingerprint density at radius 2 is 1.59 bits per heavy atom. The number of rotatable bonds is 8. The fraction of sp³-hybridized carbons (Fsp3) is 0.273. The number of Topliss-reactive ketones (excluding diaryl/α,β-unsaturated/α-hetero) is 1. The molecule has 2 aromatic rings. The van der Waals surface area contributed by atoms with Crippen LogP contribution in [0, 0.1) is 27.7 Å². The number of carbonyl (C=O) groups is 2. The first-order valence-electron chi connectivity index (χ1n) is 9.08. The van der Waals surface area contributed by atoms with Crippen LogP contribution in [0.15, 0.2) is 41.8 Å². The number of nitrogens with one attached hydrogen (secondary N) is 1. The topological polar surface area (TPSA) is 89.5 Å². The Morgan fingerprint density at radius 3 is 2.24 bits per heavy atom. The number of ether oxygens (including phenoxy) is 1. The van der Waals surface area contributed by atoms with Gasteiger partial charge in [0.1, 0.15) is 6.54 Å². The van der Waals surface area contributed by atoms with E-state index in [4.69, 9.17) is 4.74 Å². The van der Waals surface area contributed by atoms with Gasteiger partial charge in [-0.15, -0.1) is 0 Å². The van der Waals surface area contributed by atoms with Crippen molar-refractivity contribution in [1.29, 1.82) is 0 Å². The summed E-state index contributed by atoms with van der Waals surface area (Å²) in [5.74, 6) is -1.16. The second-order valence-corrected chi connectivity index (χ2v) is 8.57. The maximum Gasteiger partial charge on any atom is 0.321 e. The molecule has 29 heavy (non-hydrogen) atoms. The number of sulfonamides is 1. The summed E-state index contributed by atoms with van der Waals surface area (Å²) in [6, 6.07) is 11.0. The normalized spacial score (nSPS) is 11.6. The van der Waals surface area contributed by atoms with Gasteiger partial charge in [-0.2, -0.15) is 0 Å². The van der Waals surface area contributed by atoms with E-state index in [0.717, 1.165) is 33.2 Å². The van der Waals surface area contributed by atoms with Crippen LogP contribution in [-0.2, 0) is 19.6 Å².